The molecule has 2 heterocycles. The van der Waals surface area contributed by atoms with Gasteiger partial charge >= 0.3 is 0 Å². The first-order valence-electron chi connectivity index (χ1n) is 8.01. The van der Waals surface area contributed by atoms with E-state index in [0.717, 1.165) is 19.5 Å². The Labute approximate surface area is 127 Å². The van der Waals surface area contributed by atoms with E-state index in [4.69, 9.17) is 11.6 Å². The van der Waals surface area contributed by atoms with Gasteiger partial charge in [-0.2, -0.15) is 0 Å². The molecule has 0 aliphatic carbocycles. The molecule has 2 aliphatic heterocycles. The number of rotatable bonds is 4. The maximum Gasteiger partial charge on any atom is 0.0463 e. The van der Waals surface area contributed by atoms with E-state index in [2.05, 4.69) is 34.1 Å². The van der Waals surface area contributed by atoms with Crippen LogP contribution in [0.3, 0.4) is 0 Å². The van der Waals surface area contributed by atoms with Gasteiger partial charge in [0, 0.05) is 37.2 Å². The van der Waals surface area contributed by atoms with E-state index in [9.17, 15) is 0 Å². The van der Waals surface area contributed by atoms with Crippen molar-refractivity contribution in [1.29, 1.82) is 0 Å². The molecule has 0 radical (unpaired) electrons. The van der Waals surface area contributed by atoms with Crippen LogP contribution >= 0.6 is 11.6 Å². The van der Waals surface area contributed by atoms with Crippen LogP contribution in [0.1, 0.15) is 31.2 Å². The van der Waals surface area contributed by atoms with Crippen LogP contribution in [0.4, 0.5) is 5.69 Å². The van der Waals surface area contributed by atoms with E-state index in [1.54, 1.807) is 0 Å². The normalized spacial score (nSPS) is 24.2. The minimum absolute atomic E-state index is 0.362. The summed E-state index contributed by atoms with van der Waals surface area (Å²) in [4.78, 5) is 5.00. The van der Waals surface area contributed by atoms with Gasteiger partial charge < -0.3 is 9.80 Å². The molecule has 2 fully saturated rings. The van der Waals surface area contributed by atoms with Crippen LogP contribution in [0.2, 0.25) is 0 Å². The first-order chi connectivity index (χ1) is 9.81. The summed E-state index contributed by atoms with van der Waals surface area (Å²) in [7, 11) is 0. The van der Waals surface area contributed by atoms with Crippen molar-refractivity contribution in [3.63, 3.8) is 0 Å². The number of benzene rings is 1. The lowest BCUT2D eigenvalue weighted by molar-refractivity contribution is 0.235. The number of anilines is 1. The Morgan fingerprint density at radius 2 is 1.75 bits per heavy atom. The minimum atomic E-state index is 0.362. The van der Waals surface area contributed by atoms with Gasteiger partial charge in [0.2, 0.25) is 0 Å². The molecule has 3 rings (SSSR count). The van der Waals surface area contributed by atoms with Gasteiger partial charge in [0.1, 0.15) is 0 Å². The average molecular weight is 293 g/mol. The molecule has 0 spiro atoms. The van der Waals surface area contributed by atoms with Gasteiger partial charge in [0.15, 0.2) is 0 Å². The van der Waals surface area contributed by atoms with Crippen LogP contribution in [-0.4, -0.2) is 43.0 Å². The molecule has 20 heavy (non-hydrogen) atoms. The van der Waals surface area contributed by atoms with Crippen LogP contribution in [-0.2, 0) is 6.42 Å². The first-order valence-corrected chi connectivity index (χ1v) is 8.45. The molecule has 0 aromatic heterocycles. The Balaban J connectivity index is 1.50. The van der Waals surface area contributed by atoms with Crippen molar-refractivity contribution in [1.82, 2.24) is 4.90 Å². The molecule has 2 nitrogen and oxygen atoms in total. The highest BCUT2D eigenvalue weighted by Crippen LogP contribution is 2.21. The number of likely N-dealkylation sites (tertiary alicyclic amines) is 1. The highest BCUT2D eigenvalue weighted by Gasteiger charge is 2.17. The third-order valence-corrected chi connectivity index (χ3v) is 4.93. The predicted molar refractivity (Wildman–Crippen MR) is 86.9 cm³/mol. The predicted octanol–water partition coefficient (Wildman–Crippen LogP) is 3.53. The molecular formula is C17H25ClN2. The summed E-state index contributed by atoms with van der Waals surface area (Å²) >= 11 is 6.24. The standard InChI is InChI=1S/C17H25ClN2/c18-16-4-3-10-19(14-16)13-9-15-5-7-17(8-6-15)20-11-1-2-12-20/h5-8,16H,1-4,9-14H2. The fourth-order valence-electron chi connectivity index (χ4n) is 3.34. The van der Waals surface area contributed by atoms with E-state index >= 15 is 0 Å². The fraction of sp³-hybridized carbons (Fsp3) is 0.647. The highest BCUT2D eigenvalue weighted by molar-refractivity contribution is 6.20. The van der Waals surface area contributed by atoms with Crippen molar-refractivity contribution in [2.45, 2.75) is 37.5 Å². The molecule has 110 valence electrons. The zero-order valence-corrected chi connectivity index (χ0v) is 13.0. The lowest BCUT2D eigenvalue weighted by atomic mass is 10.1. The van der Waals surface area contributed by atoms with Crippen LogP contribution in [0, 0.1) is 0 Å². The SMILES string of the molecule is ClC1CCCN(CCc2ccc(N3CCCC3)cc2)C1. The van der Waals surface area contributed by atoms with E-state index < -0.39 is 0 Å². The molecule has 1 aromatic carbocycles. The summed E-state index contributed by atoms with van der Waals surface area (Å²) in [5.41, 5.74) is 2.84. The lowest BCUT2D eigenvalue weighted by Gasteiger charge is -2.29. The van der Waals surface area contributed by atoms with E-state index in [1.807, 2.05) is 0 Å². The maximum atomic E-state index is 6.24. The second kappa shape index (κ2) is 6.82. The zero-order valence-electron chi connectivity index (χ0n) is 12.2. The third-order valence-electron chi connectivity index (χ3n) is 4.57. The quantitative estimate of drug-likeness (QED) is 0.783. The van der Waals surface area contributed by atoms with Crippen molar-refractivity contribution in [2.75, 3.05) is 37.6 Å². The van der Waals surface area contributed by atoms with Crippen molar-refractivity contribution >= 4 is 17.3 Å². The molecule has 2 saturated heterocycles. The number of alkyl halides is 1. The van der Waals surface area contributed by atoms with Crippen LogP contribution < -0.4 is 4.90 Å². The topological polar surface area (TPSA) is 6.48 Å². The van der Waals surface area contributed by atoms with Crippen molar-refractivity contribution < 1.29 is 0 Å². The Kier molecular flexibility index (Phi) is 4.85. The Morgan fingerprint density at radius 1 is 1.00 bits per heavy atom. The molecule has 0 bridgehead atoms. The molecule has 1 atom stereocenters. The summed E-state index contributed by atoms with van der Waals surface area (Å²) in [5.74, 6) is 0. The summed E-state index contributed by atoms with van der Waals surface area (Å²) in [6.45, 7) is 5.88. The van der Waals surface area contributed by atoms with E-state index in [1.165, 1.54) is 56.6 Å². The zero-order chi connectivity index (χ0) is 13.8. The fourth-order valence-corrected chi connectivity index (χ4v) is 3.69. The minimum Gasteiger partial charge on any atom is -0.372 e. The number of nitrogens with zero attached hydrogens (tertiary/aromatic N) is 2. The number of piperidine rings is 1. The smallest absolute Gasteiger partial charge is 0.0463 e. The van der Waals surface area contributed by atoms with Gasteiger partial charge in [-0.25, -0.2) is 0 Å². The van der Waals surface area contributed by atoms with Gasteiger partial charge in [-0.15, -0.1) is 11.6 Å². The molecule has 0 amide bonds. The van der Waals surface area contributed by atoms with Gasteiger partial charge in [0.25, 0.3) is 0 Å². The van der Waals surface area contributed by atoms with Crippen molar-refractivity contribution in [2.24, 2.45) is 0 Å². The molecule has 1 aromatic rings. The molecule has 2 aliphatic rings. The number of hydrogen-bond acceptors (Lipinski definition) is 2. The summed E-state index contributed by atoms with van der Waals surface area (Å²) in [5, 5.41) is 0.362. The molecular weight excluding hydrogens is 268 g/mol. The maximum absolute atomic E-state index is 6.24. The van der Waals surface area contributed by atoms with Gasteiger partial charge in [-0.1, -0.05) is 12.1 Å². The van der Waals surface area contributed by atoms with Gasteiger partial charge in [-0.05, 0) is 56.3 Å². The van der Waals surface area contributed by atoms with Gasteiger partial charge in [0.05, 0.1) is 0 Å². The second-order valence-electron chi connectivity index (χ2n) is 6.15. The monoisotopic (exact) mass is 292 g/mol. The summed E-state index contributed by atoms with van der Waals surface area (Å²) in [6.07, 6.45) is 6.27. The van der Waals surface area contributed by atoms with Crippen molar-refractivity contribution in [3.8, 4) is 0 Å². The van der Waals surface area contributed by atoms with Crippen LogP contribution in [0.15, 0.2) is 24.3 Å². The molecule has 1 unspecified atom stereocenters. The molecule has 3 heteroatoms. The first kappa shape index (κ1) is 14.2. The molecule has 0 saturated carbocycles. The van der Waals surface area contributed by atoms with E-state index in [-0.39, 0.29) is 0 Å². The van der Waals surface area contributed by atoms with Gasteiger partial charge in [-0.3, -0.25) is 0 Å². The highest BCUT2D eigenvalue weighted by atomic mass is 35.5. The lowest BCUT2D eigenvalue weighted by Crippen LogP contribution is -2.37. The van der Waals surface area contributed by atoms with Crippen LogP contribution in [0.5, 0.6) is 0 Å². The van der Waals surface area contributed by atoms with Crippen molar-refractivity contribution in [3.05, 3.63) is 29.8 Å². The molecule has 0 N–H and O–H groups in total. The number of halogens is 1. The summed E-state index contributed by atoms with van der Waals surface area (Å²) < 4.78 is 0. The Morgan fingerprint density at radius 3 is 2.45 bits per heavy atom. The third kappa shape index (κ3) is 3.67. The second-order valence-corrected chi connectivity index (χ2v) is 6.77. The summed E-state index contributed by atoms with van der Waals surface area (Å²) in [6, 6.07) is 9.19. The number of hydrogen-bond donors (Lipinski definition) is 0. The Bertz CT molecular complexity index is 412. The average Bonchev–Trinajstić information content (AvgIpc) is 3.00. The van der Waals surface area contributed by atoms with Crippen LogP contribution in [0.25, 0.3) is 0 Å². The van der Waals surface area contributed by atoms with E-state index in [0.29, 0.717) is 5.38 Å². The largest absolute Gasteiger partial charge is 0.372 e. The Hall–Kier alpha value is -0.730.